The minimum atomic E-state index is 0.692. The van der Waals surface area contributed by atoms with Crippen LogP contribution >= 0.6 is 23.5 Å². The Morgan fingerprint density at radius 3 is 2.38 bits per heavy atom. The van der Waals surface area contributed by atoms with E-state index in [1.807, 2.05) is 23.9 Å². The molecule has 1 aromatic carbocycles. The topological polar surface area (TPSA) is 39.7 Å². The molecule has 1 N–H and O–H groups in total. The Morgan fingerprint density at radius 1 is 1.05 bits per heavy atom. The number of benzene rings is 1. The molecule has 0 spiro atoms. The maximum absolute atomic E-state index is 5.44. The Kier molecular flexibility index (Phi) is 6.86. The van der Waals surface area contributed by atoms with Gasteiger partial charge in [0.15, 0.2) is 11.5 Å². The first-order valence-electron chi connectivity index (χ1n) is 6.97. The minimum absolute atomic E-state index is 0.692. The molecule has 0 aliphatic carbocycles. The monoisotopic (exact) mass is 329 g/mol. The molecule has 118 valence electrons. The van der Waals surface area contributed by atoms with Gasteiger partial charge in [0.1, 0.15) is 5.75 Å². The summed E-state index contributed by atoms with van der Waals surface area (Å²) < 4.78 is 16.1. The van der Waals surface area contributed by atoms with Gasteiger partial charge < -0.3 is 19.5 Å². The van der Waals surface area contributed by atoms with Crippen LogP contribution in [-0.2, 0) is 6.54 Å². The Labute approximate surface area is 135 Å². The number of hydrogen-bond donors (Lipinski definition) is 1. The van der Waals surface area contributed by atoms with Crippen molar-refractivity contribution in [2.24, 2.45) is 0 Å². The van der Waals surface area contributed by atoms with Gasteiger partial charge in [0.2, 0.25) is 0 Å². The van der Waals surface area contributed by atoms with Crippen molar-refractivity contribution in [3.8, 4) is 17.2 Å². The second kappa shape index (κ2) is 8.66. The molecule has 1 aliphatic rings. The van der Waals surface area contributed by atoms with Crippen molar-refractivity contribution in [2.45, 2.75) is 11.8 Å². The maximum Gasteiger partial charge on any atom is 0.164 e. The molecule has 1 fully saturated rings. The molecule has 21 heavy (non-hydrogen) atoms. The smallest absolute Gasteiger partial charge is 0.164 e. The van der Waals surface area contributed by atoms with Crippen LogP contribution in [0.3, 0.4) is 0 Å². The Hall–Kier alpha value is -0.720. The van der Waals surface area contributed by atoms with Crippen LogP contribution in [0.5, 0.6) is 17.2 Å². The predicted molar refractivity (Wildman–Crippen MR) is 91.4 cm³/mol. The molecule has 0 saturated carbocycles. The van der Waals surface area contributed by atoms with Gasteiger partial charge in [-0.2, -0.15) is 23.5 Å². The van der Waals surface area contributed by atoms with E-state index in [4.69, 9.17) is 14.2 Å². The van der Waals surface area contributed by atoms with E-state index in [1.54, 1.807) is 21.3 Å². The fourth-order valence-corrected chi connectivity index (χ4v) is 4.90. The van der Waals surface area contributed by atoms with Crippen LogP contribution < -0.4 is 19.5 Å². The van der Waals surface area contributed by atoms with Crippen molar-refractivity contribution in [1.82, 2.24) is 5.32 Å². The summed E-state index contributed by atoms with van der Waals surface area (Å²) in [4.78, 5) is 0. The SMILES string of the molecule is COc1cc(OC)c(OC)cc1CNCC1CSCCS1. The maximum atomic E-state index is 5.44. The average Bonchev–Trinajstić information content (AvgIpc) is 2.55. The average molecular weight is 329 g/mol. The summed E-state index contributed by atoms with van der Waals surface area (Å²) >= 11 is 4.11. The number of methoxy groups -OCH3 is 3. The lowest BCUT2D eigenvalue weighted by Gasteiger charge is -2.21. The third-order valence-corrected chi connectivity index (χ3v) is 6.20. The van der Waals surface area contributed by atoms with E-state index in [-0.39, 0.29) is 0 Å². The number of rotatable bonds is 7. The molecule has 0 aromatic heterocycles. The molecule has 1 saturated heterocycles. The van der Waals surface area contributed by atoms with Crippen LogP contribution in [0.4, 0.5) is 0 Å². The first-order chi connectivity index (χ1) is 10.3. The predicted octanol–water partition coefficient (Wildman–Crippen LogP) is 2.65. The van der Waals surface area contributed by atoms with Gasteiger partial charge in [-0.15, -0.1) is 0 Å². The quantitative estimate of drug-likeness (QED) is 0.829. The summed E-state index contributed by atoms with van der Waals surface area (Å²) in [7, 11) is 4.96. The van der Waals surface area contributed by atoms with Crippen LogP contribution in [-0.4, -0.2) is 50.4 Å². The highest BCUT2D eigenvalue weighted by Crippen LogP contribution is 2.34. The summed E-state index contributed by atoms with van der Waals surface area (Å²) in [6, 6.07) is 3.86. The number of nitrogens with one attached hydrogen (secondary N) is 1. The zero-order chi connectivity index (χ0) is 15.1. The molecule has 0 bridgehead atoms. The minimum Gasteiger partial charge on any atom is -0.496 e. The van der Waals surface area contributed by atoms with Gasteiger partial charge in [-0.25, -0.2) is 0 Å². The highest BCUT2D eigenvalue weighted by molar-refractivity contribution is 8.06. The van der Waals surface area contributed by atoms with Gasteiger partial charge in [0.05, 0.1) is 21.3 Å². The largest absolute Gasteiger partial charge is 0.496 e. The fourth-order valence-electron chi connectivity index (χ4n) is 2.25. The number of thioether (sulfide) groups is 2. The van der Waals surface area contributed by atoms with Gasteiger partial charge in [0.25, 0.3) is 0 Å². The zero-order valence-electron chi connectivity index (χ0n) is 12.8. The van der Waals surface area contributed by atoms with Crippen molar-refractivity contribution >= 4 is 23.5 Å². The van der Waals surface area contributed by atoms with Crippen molar-refractivity contribution < 1.29 is 14.2 Å². The van der Waals surface area contributed by atoms with Crippen LogP contribution in [0.25, 0.3) is 0 Å². The van der Waals surface area contributed by atoms with Gasteiger partial charge in [-0.05, 0) is 6.07 Å². The standard InChI is InChI=1S/C15H23NO3S2/c1-17-13-7-15(19-3)14(18-2)6-11(13)8-16-9-12-10-20-4-5-21-12/h6-7,12,16H,4-5,8-10H2,1-3H3. The molecule has 6 heteroatoms. The molecule has 1 aromatic rings. The van der Waals surface area contributed by atoms with E-state index in [0.717, 1.165) is 30.2 Å². The van der Waals surface area contributed by atoms with Crippen molar-refractivity contribution in [3.05, 3.63) is 17.7 Å². The van der Waals surface area contributed by atoms with Crippen LogP contribution in [0.1, 0.15) is 5.56 Å². The molecular weight excluding hydrogens is 306 g/mol. The Morgan fingerprint density at radius 2 is 1.76 bits per heavy atom. The molecule has 1 atom stereocenters. The molecule has 1 aliphatic heterocycles. The van der Waals surface area contributed by atoms with Crippen molar-refractivity contribution in [3.63, 3.8) is 0 Å². The summed E-state index contributed by atoms with van der Waals surface area (Å²) in [5.41, 5.74) is 1.09. The van der Waals surface area contributed by atoms with E-state index in [1.165, 1.54) is 17.3 Å². The molecule has 1 unspecified atom stereocenters. The van der Waals surface area contributed by atoms with Crippen LogP contribution in [0.15, 0.2) is 12.1 Å². The van der Waals surface area contributed by atoms with Gasteiger partial charge in [-0.1, -0.05) is 0 Å². The molecule has 0 amide bonds. The molecule has 4 nitrogen and oxygen atoms in total. The molecular formula is C15H23NO3S2. The fraction of sp³-hybridized carbons (Fsp3) is 0.600. The summed E-state index contributed by atoms with van der Waals surface area (Å²) in [6.45, 7) is 1.79. The zero-order valence-corrected chi connectivity index (χ0v) is 14.4. The second-order valence-electron chi connectivity index (χ2n) is 4.72. The summed E-state index contributed by atoms with van der Waals surface area (Å²) in [5.74, 6) is 6.03. The lowest BCUT2D eigenvalue weighted by atomic mass is 10.1. The first kappa shape index (κ1) is 16.6. The normalized spacial score (nSPS) is 18.3. The second-order valence-corrected chi connectivity index (χ2v) is 7.28. The molecule has 2 rings (SSSR count). The van der Waals surface area contributed by atoms with Crippen LogP contribution in [0.2, 0.25) is 0 Å². The molecule has 1 heterocycles. The summed E-state index contributed by atoms with van der Waals surface area (Å²) in [5, 5.41) is 4.23. The van der Waals surface area contributed by atoms with E-state index >= 15 is 0 Å². The number of hydrogen-bond acceptors (Lipinski definition) is 6. The van der Waals surface area contributed by atoms with E-state index in [0.29, 0.717) is 11.0 Å². The van der Waals surface area contributed by atoms with E-state index in [9.17, 15) is 0 Å². The first-order valence-corrected chi connectivity index (χ1v) is 9.17. The molecule has 0 radical (unpaired) electrons. The number of ether oxygens (including phenoxy) is 3. The Balaban J connectivity index is 1.97. The summed E-state index contributed by atoms with van der Waals surface area (Å²) in [6.07, 6.45) is 0. The van der Waals surface area contributed by atoms with E-state index in [2.05, 4.69) is 17.1 Å². The lowest BCUT2D eigenvalue weighted by Crippen LogP contribution is -2.28. The Bertz CT molecular complexity index is 451. The van der Waals surface area contributed by atoms with Gasteiger partial charge in [-0.3, -0.25) is 0 Å². The van der Waals surface area contributed by atoms with Gasteiger partial charge >= 0.3 is 0 Å². The highest BCUT2D eigenvalue weighted by atomic mass is 32.2. The third kappa shape index (κ3) is 4.63. The van der Waals surface area contributed by atoms with Crippen LogP contribution in [0, 0.1) is 0 Å². The van der Waals surface area contributed by atoms with Crippen molar-refractivity contribution in [2.75, 3.05) is 45.1 Å². The lowest BCUT2D eigenvalue weighted by molar-refractivity contribution is 0.347. The van der Waals surface area contributed by atoms with E-state index < -0.39 is 0 Å². The van der Waals surface area contributed by atoms with Crippen molar-refractivity contribution in [1.29, 1.82) is 0 Å². The highest BCUT2D eigenvalue weighted by Gasteiger charge is 2.15. The van der Waals surface area contributed by atoms with Gasteiger partial charge in [0, 0.05) is 47.2 Å². The third-order valence-electron chi connectivity index (χ3n) is 3.36.